The molecule has 0 spiro atoms. The molecule has 0 atom stereocenters. The van der Waals surface area contributed by atoms with Crippen LogP contribution < -0.4 is 10.6 Å². The summed E-state index contributed by atoms with van der Waals surface area (Å²) < 4.78 is 0. The van der Waals surface area contributed by atoms with Crippen LogP contribution >= 0.6 is 23.2 Å². The van der Waals surface area contributed by atoms with E-state index in [0.717, 1.165) is 48.2 Å². The Balaban J connectivity index is 2.23. The second-order valence-electron chi connectivity index (χ2n) is 3.62. The third kappa shape index (κ3) is 5.17. The van der Waals surface area contributed by atoms with E-state index in [1.807, 2.05) is 12.1 Å². The molecule has 0 bridgehead atoms. The summed E-state index contributed by atoms with van der Waals surface area (Å²) in [6.07, 6.45) is 1.12. The quantitative estimate of drug-likeness (QED) is 0.737. The van der Waals surface area contributed by atoms with Crippen LogP contribution in [0.15, 0.2) is 18.2 Å². The van der Waals surface area contributed by atoms with E-state index in [1.54, 1.807) is 6.07 Å². The van der Waals surface area contributed by atoms with E-state index in [2.05, 4.69) is 17.6 Å². The topological polar surface area (TPSA) is 24.1 Å². The van der Waals surface area contributed by atoms with Gasteiger partial charge in [0.25, 0.3) is 0 Å². The predicted octanol–water partition coefficient (Wildman–Crippen LogP) is 3.08. The molecule has 0 aliphatic carbocycles. The largest absolute Gasteiger partial charge is 0.317 e. The van der Waals surface area contributed by atoms with Gasteiger partial charge in [-0.2, -0.15) is 0 Å². The van der Waals surface area contributed by atoms with Gasteiger partial charge in [0.15, 0.2) is 0 Å². The molecule has 0 fully saturated rings. The van der Waals surface area contributed by atoms with Crippen molar-refractivity contribution in [2.24, 2.45) is 0 Å². The Hall–Kier alpha value is -0.280. The molecule has 1 rings (SSSR count). The summed E-state index contributed by atoms with van der Waals surface area (Å²) in [7, 11) is 0. The number of hydrogen-bond donors (Lipinski definition) is 2. The smallest absolute Gasteiger partial charge is 0.0451 e. The van der Waals surface area contributed by atoms with Crippen molar-refractivity contribution in [2.75, 3.05) is 19.6 Å². The molecule has 4 heteroatoms. The molecule has 1 aromatic carbocycles. The molecule has 0 heterocycles. The van der Waals surface area contributed by atoms with Crippen LogP contribution in [0.25, 0.3) is 0 Å². The van der Waals surface area contributed by atoms with Crippen LogP contribution in [0, 0.1) is 0 Å². The van der Waals surface area contributed by atoms with Gasteiger partial charge in [-0.1, -0.05) is 30.1 Å². The highest BCUT2D eigenvalue weighted by atomic mass is 35.5. The number of nitrogens with one attached hydrogen (secondary N) is 2. The monoisotopic (exact) mass is 260 g/mol. The first kappa shape index (κ1) is 13.8. The highest BCUT2D eigenvalue weighted by Crippen LogP contribution is 2.20. The number of rotatable bonds is 7. The van der Waals surface area contributed by atoms with Gasteiger partial charge in [-0.3, -0.25) is 0 Å². The van der Waals surface area contributed by atoms with Gasteiger partial charge >= 0.3 is 0 Å². The minimum absolute atomic E-state index is 0.730. The van der Waals surface area contributed by atoms with Crippen LogP contribution in [0.5, 0.6) is 0 Å². The Kier molecular flexibility index (Phi) is 6.81. The first-order chi connectivity index (χ1) is 7.74. The lowest BCUT2D eigenvalue weighted by Crippen LogP contribution is -2.21. The zero-order valence-electron chi connectivity index (χ0n) is 9.52. The summed E-state index contributed by atoms with van der Waals surface area (Å²) in [6, 6.07) is 5.54. The van der Waals surface area contributed by atoms with Gasteiger partial charge in [-0.05, 0) is 49.8 Å². The van der Waals surface area contributed by atoms with Crippen molar-refractivity contribution in [3.05, 3.63) is 33.8 Å². The third-order valence-corrected chi connectivity index (χ3v) is 2.88. The Bertz CT molecular complexity index is 316. The Morgan fingerprint density at radius 3 is 2.62 bits per heavy atom. The van der Waals surface area contributed by atoms with Crippen molar-refractivity contribution in [3.8, 4) is 0 Å². The van der Waals surface area contributed by atoms with E-state index in [1.165, 1.54) is 0 Å². The normalized spacial score (nSPS) is 10.7. The van der Waals surface area contributed by atoms with Crippen LogP contribution in [0.4, 0.5) is 0 Å². The first-order valence-corrected chi connectivity index (χ1v) is 6.35. The Labute approximate surface area is 107 Å². The lowest BCUT2D eigenvalue weighted by molar-refractivity contribution is 0.606. The maximum absolute atomic E-state index is 6.05. The van der Waals surface area contributed by atoms with Gasteiger partial charge in [-0.25, -0.2) is 0 Å². The van der Waals surface area contributed by atoms with E-state index in [9.17, 15) is 0 Å². The van der Waals surface area contributed by atoms with Crippen molar-refractivity contribution in [3.63, 3.8) is 0 Å². The molecule has 0 radical (unpaired) electrons. The molecule has 2 nitrogen and oxygen atoms in total. The maximum Gasteiger partial charge on any atom is 0.0451 e. The fourth-order valence-corrected chi connectivity index (χ4v) is 1.80. The molecule has 1 aromatic rings. The highest BCUT2D eigenvalue weighted by Gasteiger charge is 2.00. The third-order valence-electron chi connectivity index (χ3n) is 2.28. The van der Waals surface area contributed by atoms with Gasteiger partial charge in [0.05, 0.1) is 0 Å². The highest BCUT2D eigenvalue weighted by molar-refractivity contribution is 6.33. The van der Waals surface area contributed by atoms with Gasteiger partial charge in [0.1, 0.15) is 0 Å². The number of benzene rings is 1. The Morgan fingerprint density at radius 2 is 1.88 bits per heavy atom. The van der Waals surface area contributed by atoms with Gasteiger partial charge in [-0.15, -0.1) is 0 Å². The molecule has 0 aromatic heterocycles. The molecule has 0 aliphatic rings. The summed E-state index contributed by atoms with van der Waals surface area (Å²) in [5, 5.41) is 8.12. The van der Waals surface area contributed by atoms with E-state index < -0.39 is 0 Å². The zero-order chi connectivity index (χ0) is 11.8. The number of hydrogen-bond acceptors (Lipinski definition) is 2. The second-order valence-corrected chi connectivity index (χ2v) is 4.46. The standard InChI is InChI=1S/C12H18Cl2N2/c1-2-15-6-3-7-16-9-10-8-11(13)4-5-12(10)14/h4-5,8,15-16H,2-3,6-7,9H2,1H3. The van der Waals surface area contributed by atoms with Crippen LogP contribution in [0.1, 0.15) is 18.9 Å². The van der Waals surface area contributed by atoms with Crippen molar-refractivity contribution in [2.45, 2.75) is 19.9 Å². The maximum atomic E-state index is 6.05. The van der Waals surface area contributed by atoms with E-state index in [-0.39, 0.29) is 0 Å². The van der Waals surface area contributed by atoms with Crippen LogP contribution in [-0.2, 0) is 6.54 Å². The summed E-state index contributed by atoms with van der Waals surface area (Å²) in [5.74, 6) is 0. The fraction of sp³-hybridized carbons (Fsp3) is 0.500. The molecule has 2 N–H and O–H groups in total. The molecule has 0 amide bonds. The minimum Gasteiger partial charge on any atom is -0.317 e. The lowest BCUT2D eigenvalue weighted by atomic mass is 10.2. The minimum atomic E-state index is 0.730. The molecule has 0 saturated carbocycles. The van der Waals surface area contributed by atoms with Crippen LogP contribution in [0.3, 0.4) is 0 Å². The van der Waals surface area contributed by atoms with Crippen LogP contribution in [-0.4, -0.2) is 19.6 Å². The van der Waals surface area contributed by atoms with E-state index >= 15 is 0 Å². The van der Waals surface area contributed by atoms with E-state index in [4.69, 9.17) is 23.2 Å². The van der Waals surface area contributed by atoms with Crippen LogP contribution in [0.2, 0.25) is 10.0 Å². The number of halogens is 2. The second kappa shape index (κ2) is 7.91. The summed E-state index contributed by atoms with van der Waals surface area (Å²) in [5.41, 5.74) is 1.05. The average Bonchev–Trinajstić information content (AvgIpc) is 2.28. The summed E-state index contributed by atoms with van der Waals surface area (Å²) >= 11 is 11.9. The van der Waals surface area contributed by atoms with Gasteiger partial charge < -0.3 is 10.6 Å². The summed E-state index contributed by atoms with van der Waals surface area (Å²) in [4.78, 5) is 0. The van der Waals surface area contributed by atoms with Gasteiger partial charge in [0.2, 0.25) is 0 Å². The summed E-state index contributed by atoms with van der Waals surface area (Å²) in [6.45, 7) is 5.94. The average molecular weight is 261 g/mol. The molecular weight excluding hydrogens is 243 g/mol. The molecule has 0 aliphatic heterocycles. The SMILES string of the molecule is CCNCCCNCc1cc(Cl)ccc1Cl. The fourth-order valence-electron chi connectivity index (χ4n) is 1.42. The van der Waals surface area contributed by atoms with Crippen molar-refractivity contribution < 1.29 is 0 Å². The molecule has 16 heavy (non-hydrogen) atoms. The molecule has 0 saturated heterocycles. The van der Waals surface area contributed by atoms with E-state index in [0.29, 0.717) is 0 Å². The molecular formula is C12H18Cl2N2. The predicted molar refractivity (Wildman–Crippen MR) is 71.3 cm³/mol. The van der Waals surface area contributed by atoms with Gasteiger partial charge in [0, 0.05) is 16.6 Å². The molecule has 0 unspecified atom stereocenters. The Morgan fingerprint density at radius 1 is 1.12 bits per heavy atom. The van der Waals surface area contributed by atoms with Crippen molar-refractivity contribution in [1.82, 2.24) is 10.6 Å². The molecule has 90 valence electrons. The lowest BCUT2D eigenvalue weighted by Gasteiger charge is -2.07. The first-order valence-electron chi connectivity index (χ1n) is 5.59. The van der Waals surface area contributed by atoms with Crippen molar-refractivity contribution >= 4 is 23.2 Å². The zero-order valence-corrected chi connectivity index (χ0v) is 11.0. The van der Waals surface area contributed by atoms with Crippen molar-refractivity contribution in [1.29, 1.82) is 0 Å².